The van der Waals surface area contributed by atoms with E-state index in [1.165, 1.54) is 12.1 Å². The van der Waals surface area contributed by atoms with Crippen molar-refractivity contribution in [2.24, 2.45) is 0 Å². The van der Waals surface area contributed by atoms with E-state index in [2.05, 4.69) is 20.6 Å². The zero-order valence-corrected chi connectivity index (χ0v) is 11.6. The van der Waals surface area contributed by atoms with Crippen molar-refractivity contribution in [1.82, 2.24) is 15.3 Å². The molecule has 0 saturated carbocycles. The van der Waals surface area contributed by atoms with Gasteiger partial charge in [-0.05, 0) is 25.5 Å². The third-order valence-electron chi connectivity index (χ3n) is 3.31. The molecule has 7 nitrogen and oxygen atoms in total. The van der Waals surface area contributed by atoms with E-state index in [0.29, 0.717) is 17.5 Å². The number of non-ortho nitro benzene ring substituents is 1. The number of nitro groups is 1. The van der Waals surface area contributed by atoms with Crippen LogP contribution in [-0.4, -0.2) is 34.0 Å². The highest BCUT2D eigenvalue weighted by atomic mass is 35.5. The van der Waals surface area contributed by atoms with Crippen LogP contribution in [-0.2, 0) is 0 Å². The lowest BCUT2D eigenvalue weighted by molar-refractivity contribution is -0.384. The number of nitro benzene ring substituents is 1. The quantitative estimate of drug-likeness (QED) is 0.595. The summed E-state index contributed by atoms with van der Waals surface area (Å²) in [5, 5.41) is 17.4. The van der Waals surface area contributed by atoms with E-state index in [4.69, 9.17) is 0 Å². The standard InChI is InChI=1S/C12H15N5O2.ClH/c18-17(19)9-3-4-10-11(6-9)16-12(15-10)14-8-2-1-5-13-7-8;/h3-4,6,8,13H,1-2,5,7H2,(H2,14,15,16);1H. The minimum atomic E-state index is -0.404. The highest BCUT2D eigenvalue weighted by Crippen LogP contribution is 2.21. The molecule has 0 spiro atoms. The van der Waals surface area contributed by atoms with Crippen molar-refractivity contribution in [3.05, 3.63) is 28.3 Å². The molecule has 1 saturated heterocycles. The van der Waals surface area contributed by atoms with Crippen molar-refractivity contribution in [3.63, 3.8) is 0 Å². The number of piperidine rings is 1. The second-order valence-corrected chi connectivity index (χ2v) is 4.73. The Labute approximate surface area is 121 Å². The Morgan fingerprint density at radius 1 is 1.45 bits per heavy atom. The van der Waals surface area contributed by atoms with Gasteiger partial charge in [-0.25, -0.2) is 4.98 Å². The molecule has 1 unspecified atom stereocenters. The summed E-state index contributed by atoms with van der Waals surface area (Å²) in [5.41, 5.74) is 1.49. The minimum Gasteiger partial charge on any atom is -0.352 e. The number of fused-ring (bicyclic) bond motifs is 1. The van der Waals surface area contributed by atoms with E-state index < -0.39 is 4.92 Å². The summed E-state index contributed by atoms with van der Waals surface area (Å²) in [6, 6.07) is 4.99. The summed E-state index contributed by atoms with van der Waals surface area (Å²) in [4.78, 5) is 17.8. The van der Waals surface area contributed by atoms with Gasteiger partial charge in [-0.2, -0.15) is 0 Å². The predicted octanol–water partition coefficient (Wildman–Crippen LogP) is 2.06. The first kappa shape index (κ1) is 14.5. The van der Waals surface area contributed by atoms with Crippen LogP contribution in [0.4, 0.5) is 11.6 Å². The lowest BCUT2D eigenvalue weighted by Crippen LogP contribution is -2.38. The molecular weight excluding hydrogens is 282 g/mol. The van der Waals surface area contributed by atoms with E-state index in [1.54, 1.807) is 6.07 Å². The normalized spacial score (nSPS) is 18.5. The fraction of sp³-hybridized carbons (Fsp3) is 0.417. The molecule has 1 atom stereocenters. The topological polar surface area (TPSA) is 95.9 Å². The number of nitrogens with zero attached hydrogens (tertiary/aromatic N) is 2. The van der Waals surface area contributed by atoms with Crippen LogP contribution in [0.5, 0.6) is 0 Å². The Morgan fingerprint density at radius 3 is 3.00 bits per heavy atom. The van der Waals surface area contributed by atoms with Gasteiger partial charge in [0, 0.05) is 24.7 Å². The molecule has 0 radical (unpaired) electrons. The van der Waals surface area contributed by atoms with E-state index in [0.717, 1.165) is 31.4 Å². The largest absolute Gasteiger partial charge is 0.352 e. The molecule has 1 aliphatic heterocycles. The van der Waals surface area contributed by atoms with E-state index in [1.807, 2.05) is 0 Å². The lowest BCUT2D eigenvalue weighted by atomic mass is 10.1. The van der Waals surface area contributed by atoms with Gasteiger partial charge in [-0.1, -0.05) is 0 Å². The molecule has 2 aromatic rings. The Balaban J connectivity index is 0.00000147. The van der Waals surface area contributed by atoms with Gasteiger partial charge in [0.15, 0.2) is 0 Å². The molecule has 1 aromatic heterocycles. The van der Waals surface area contributed by atoms with Crippen LogP contribution in [0.25, 0.3) is 11.0 Å². The summed E-state index contributed by atoms with van der Waals surface area (Å²) in [5.74, 6) is 0.671. The number of aromatic nitrogens is 2. The van der Waals surface area contributed by atoms with Crippen molar-refractivity contribution < 1.29 is 4.92 Å². The average molecular weight is 298 g/mol. The zero-order chi connectivity index (χ0) is 13.2. The lowest BCUT2D eigenvalue weighted by Gasteiger charge is -2.23. The molecule has 1 aromatic carbocycles. The number of rotatable bonds is 3. The van der Waals surface area contributed by atoms with E-state index >= 15 is 0 Å². The molecule has 0 bridgehead atoms. The van der Waals surface area contributed by atoms with Crippen LogP contribution < -0.4 is 10.6 Å². The van der Waals surface area contributed by atoms with Crippen LogP contribution >= 0.6 is 12.4 Å². The summed E-state index contributed by atoms with van der Waals surface area (Å²) in [7, 11) is 0. The fourth-order valence-corrected chi connectivity index (χ4v) is 2.35. The van der Waals surface area contributed by atoms with Gasteiger partial charge >= 0.3 is 0 Å². The molecular formula is C12H16ClN5O2. The number of anilines is 1. The first-order valence-corrected chi connectivity index (χ1v) is 6.34. The monoisotopic (exact) mass is 297 g/mol. The summed E-state index contributed by atoms with van der Waals surface area (Å²) < 4.78 is 0. The van der Waals surface area contributed by atoms with Crippen molar-refractivity contribution in [2.75, 3.05) is 18.4 Å². The van der Waals surface area contributed by atoms with Crippen molar-refractivity contribution in [2.45, 2.75) is 18.9 Å². The Hall–Kier alpha value is -1.86. The molecule has 0 amide bonds. The van der Waals surface area contributed by atoms with Crippen LogP contribution in [0.3, 0.4) is 0 Å². The van der Waals surface area contributed by atoms with Gasteiger partial charge < -0.3 is 15.6 Å². The molecule has 0 aliphatic carbocycles. The fourth-order valence-electron chi connectivity index (χ4n) is 2.35. The van der Waals surface area contributed by atoms with Gasteiger partial charge in [0.2, 0.25) is 5.95 Å². The second-order valence-electron chi connectivity index (χ2n) is 4.73. The van der Waals surface area contributed by atoms with Crippen LogP contribution in [0.15, 0.2) is 18.2 Å². The number of nitrogens with one attached hydrogen (secondary N) is 3. The summed E-state index contributed by atoms with van der Waals surface area (Å²) in [6.07, 6.45) is 2.24. The number of hydrogen-bond acceptors (Lipinski definition) is 5. The number of halogens is 1. The second kappa shape index (κ2) is 6.06. The van der Waals surface area contributed by atoms with E-state index in [-0.39, 0.29) is 18.1 Å². The number of aromatic amines is 1. The SMILES string of the molecule is Cl.O=[N+]([O-])c1ccc2nc(NC3CCCNC3)[nH]c2c1. The van der Waals surface area contributed by atoms with Crippen LogP contribution in [0.2, 0.25) is 0 Å². The molecule has 3 rings (SSSR count). The van der Waals surface area contributed by atoms with Gasteiger partial charge in [-0.15, -0.1) is 12.4 Å². The predicted molar refractivity (Wildman–Crippen MR) is 79.5 cm³/mol. The zero-order valence-electron chi connectivity index (χ0n) is 10.8. The minimum absolute atomic E-state index is 0. The van der Waals surface area contributed by atoms with E-state index in [9.17, 15) is 10.1 Å². The maximum Gasteiger partial charge on any atom is 0.271 e. The van der Waals surface area contributed by atoms with Crippen molar-refractivity contribution in [1.29, 1.82) is 0 Å². The first-order valence-electron chi connectivity index (χ1n) is 6.34. The van der Waals surface area contributed by atoms with Gasteiger partial charge in [-0.3, -0.25) is 10.1 Å². The maximum absolute atomic E-state index is 10.7. The molecule has 3 N–H and O–H groups in total. The van der Waals surface area contributed by atoms with Crippen molar-refractivity contribution in [3.8, 4) is 0 Å². The number of imidazole rings is 1. The number of benzene rings is 1. The molecule has 1 fully saturated rings. The third kappa shape index (κ3) is 3.00. The highest BCUT2D eigenvalue weighted by molar-refractivity contribution is 5.85. The molecule has 20 heavy (non-hydrogen) atoms. The number of H-pyrrole nitrogens is 1. The smallest absolute Gasteiger partial charge is 0.271 e. The summed E-state index contributed by atoms with van der Waals surface area (Å²) in [6.45, 7) is 1.97. The van der Waals surface area contributed by atoms with Gasteiger partial charge in [0.1, 0.15) is 0 Å². The average Bonchev–Trinajstić information content (AvgIpc) is 2.80. The van der Waals surface area contributed by atoms with Gasteiger partial charge in [0.25, 0.3) is 5.69 Å². The Kier molecular flexibility index (Phi) is 4.41. The van der Waals surface area contributed by atoms with Crippen molar-refractivity contribution >= 4 is 35.1 Å². The molecule has 1 aliphatic rings. The summed E-state index contributed by atoms with van der Waals surface area (Å²) >= 11 is 0. The Bertz CT molecular complexity index is 609. The number of hydrogen-bond donors (Lipinski definition) is 3. The van der Waals surface area contributed by atoms with Crippen LogP contribution in [0.1, 0.15) is 12.8 Å². The molecule has 108 valence electrons. The first-order chi connectivity index (χ1) is 9.22. The Morgan fingerprint density at radius 2 is 2.30 bits per heavy atom. The highest BCUT2D eigenvalue weighted by Gasteiger charge is 2.15. The van der Waals surface area contributed by atoms with Crippen LogP contribution in [0, 0.1) is 10.1 Å². The third-order valence-corrected chi connectivity index (χ3v) is 3.31. The molecule has 8 heteroatoms. The van der Waals surface area contributed by atoms with Gasteiger partial charge in [0.05, 0.1) is 16.0 Å². The maximum atomic E-state index is 10.7. The molecule has 2 heterocycles.